The Morgan fingerprint density at radius 3 is 2.69 bits per heavy atom. The van der Waals surface area contributed by atoms with Crippen LogP contribution in [0.1, 0.15) is 17.5 Å². The van der Waals surface area contributed by atoms with E-state index in [4.69, 9.17) is 0 Å². The van der Waals surface area contributed by atoms with Gasteiger partial charge in [-0.25, -0.2) is 13.2 Å². The van der Waals surface area contributed by atoms with Gasteiger partial charge in [-0.2, -0.15) is 0 Å². The number of rotatable bonds is 0. The van der Waals surface area contributed by atoms with Gasteiger partial charge in [0, 0.05) is 12.8 Å². The lowest BCUT2D eigenvalue weighted by atomic mass is 9.89. The van der Waals surface area contributed by atoms with E-state index >= 15 is 0 Å². The Bertz CT molecular complexity index is 331. The lowest BCUT2D eigenvalue weighted by Crippen LogP contribution is -2.25. The van der Waals surface area contributed by atoms with Gasteiger partial charge in [0.15, 0.2) is 0 Å². The highest BCUT2D eigenvalue weighted by molar-refractivity contribution is 5.31. The van der Waals surface area contributed by atoms with Crippen LogP contribution in [0.25, 0.3) is 0 Å². The minimum Gasteiger partial charge on any atom is -0.207 e. The van der Waals surface area contributed by atoms with Crippen LogP contribution in [0.4, 0.5) is 13.2 Å². The molecule has 0 saturated carbocycles. The molecule has 1 aromatic rings. The minimum absolute atomic E-state index is 0.119. The fraction of sp³-hybridized carbons (Fsp3) is 0.400. The third-order valence-corrected chi connectivity index (χ3v) is 2.38. The van der Waals surface area contributed by atoms with Crippen LogP contribution in [-0.4, -0.2) is 5.92 Å². The second-order valence-corrected chi connectivity index (χ2v) is 3.45. The number of hydrogen-bond acceptors (Lipinski definition) is 0. The summed E-state index contributed by atoms with van der Waals surface area (Å²) in [6, 6.07) is 4.13. The summed E-state index contributed by atoms with van der Waals surface area (Å²) in [6.45, 7) is 0. The van der Waals surface area contributed by atoms with Crippen LogP contribution in [0.2, 0.25) is 0 Å². The molecule has 0 fully saturated rings. The molecule has 0 heterocycles. The molecule has 70 valence electrons. The second-order valence-electron chi connectivity index (χ2n) is 3.45. The van der Waals surface area contributed by atoms with Gasteiger partial charge in [0.1, 0.15) is 5.82 Å². The van der Waals surface area contributed by atoms with E-state index in [1.807, 2.05) is 0 Å². The van der Waals surface area contributed by atoms with Crippen LogP contribution in [0.5, 0.6) is 0 Å². The van der Waals surface area contributed by atoms with E-state index in [1.54, 1.807) is 6.07 Å². The predicted octanol–water partition coefficient (Wildman–Crippen LogP) is 2.95. The van der Waals surface area contributed by atoms with E-state index in [2.05, 4.69) is 0 Å². The first-order valence-corrected chi connectivity index (χ1v) is 4.22. The molecular formula is C10H9F3. The van der Waals surface area contributed by atoms with E-state index in [0.29, 0.717) is 12.0 Å². The van der Waals surface area contributed by atoms with Crippen LogP contribution in [0.3, 0.4) is 0 Å². The van der Waals surface area contributed by atoms with E-state index in [1.165, 1.54) is 12.1 Å². The van der Waals surface area contributed by atoms with Gasteiger partial charge >= 0.3 is 0 Å². The molecule has 1 aliphatic carbocycles. The molecule has 1 aromatic carbocycles. The summed E-state index contributed by atoms with van der Waals surface area (Å²) in [6.07, 6.45) is -0.0889. The van der Waals surface area contributed by atoms with Gasteiger partial charge in [-0.15, -0.1) is 0 Å². The molecule has 0 spiro atoms. The van der Waals surface area contributed by atoms with Crippen LogP contribution in [-0.2, 0) is 12.8 Å². The van der Waals surface area contributed by atoms with Gasteiger partial charge in [0.2, 0.25) is 0 Å². The van der Waals surface area contributed by atoms with Crippen LogP contribution in [0, 0.1) is 5.82 Å². The van der Waals surface area contributed by atoms with Crippen LogP contribution in [0.15, 0.2) is 18.2 Å². The van der Waals surface area contributed by atoms with Gasteiger partial charge in [-0.05, 0) is 29.7 Å². The van der Waals surface area contributed by atoms with Gasteiger partial charge in [0.05, 0.1) is 0 Å². The third kappa shape index (κ3) is 1.69. The Kier molecular flexibility index (Phi) is 1.82. The molecule has 0 nitrogen and oxygen atoms in total. The molecule has 0 N–H and O–H groups in total. The zero-order valence-corrected chi connectivity index (χ0v) is 6.99. The molecule has 0 saturated heterocycles. The molecular weight excluding hydrogens is 177 g/mol. The normalized spacial score (nSPS) is 19.6. The van der Waals surface area contributed by atoms with Crippen molar-refractivity contribution >= 4 is 0 Å². The van der Waals surface area contributed by atoms with E-state index in [9.17, 15) is 13.2 Å². The van der Waals surface area contributed by atoms with Crippen molar-refractivity contribution in [2.75, 3.05) is 0 Å². The highest BCUT2D eigenvalue weighted by Gasteiger charge is 2.33. The smallest absolute Gasteiger partial charge is 0.207 e. The molecule has 0 bridgehead atoms. The summed E-state index contributed by atoms with van der Waals surface area (Å²) >= 11 is 0. The van der Waals surface area contributed by atoms with Crippen molar-refractivity contribution < 1.29 is 13.2 Å². The number of aryl methyl sites for hydroxylation is 1. The molecule has 0 unspecified atom stereocenters. The minimum atomic E-state index is -2.65. The first-order valence-electron chi connectivity index (χ1n) is 4.22. The average Bonchev–Trinajstić information content (AvgIpc) is 2.01. The third-order valence-electron chi connectivity index (χ3n) is 2.38. The lowest BCUT2D eigenvalue weighted by molar-refractivity contribution is -0.0122. The van der Waals surface area contributed by atoms with Crippen LogP contribution < -0.4 is 0 Å². The SMILES string of the molecule is Fc1ccc2c(c1)CC(F)(F)CC2. The van der Waals surface area contributed by atoms with Gasteiger partial charge < -0.3 is 0 Å². The molecule has 0 amide bonds. The topological polar surface area (TPSA) is 0 Å². The van der Waals surface area contributed by atoms with Gasteiger partial charge in [0.25, 0.3) is 5.92 Å². The van der Waals surface area contributed by atoms with Crippen molar-refractivity contribution in [3.63, 3.8) is 0 Å². The molecule has 13 heavy (non-hydrogen) atoms. The number of fused-ring (bicyclic) bond motifs is 1. The van der Waals surface area contributed by atoms with Crippen molar-refractivity contribution in [2.45, 2.75) is 25.2 Å². The van der Waals surface area contributed by atoms with Crippen LogP contribution >= 0.6 is 0 Å². The number of halogens is 3. The number of alkyl halides is 2. The van der Waals surface area contributed by atoms with Crippen molar-refractivity contribution in [1.82, 2.24) is 0 Å². The van der Waals surface area contributed by atoms with E-state index < -0.39 is 11.7 Å². The largest absolute Gasteiger partial charge is 0.252 e. The Morgan fingerprint density at radius 2 is 1.92 bits per heavy atom. The highest BCUT2D eigenvalue weighted by Crippen LogP contribution is 2.32. The maximum atomic E-state index is 12.9. The van der Waals surface area contributed by atoms with E-state index in [0.717, 1.165) is 5.56 Å². The summed E-state index contributed by atoms with van der Waals surface area (Å²) in [5.41, 5.74) is 1.31. The summed E-state index contributed by atoms with van der Waals surface area (Å²) < 4.78 is 38.5. The first-order chi connectivity index (χ1) is 6.07. The molecule has 2 rings (SSSR count). The monoisotopic (exact) mass is 186 g/mol. The molecule has 0 atom stereocenters. The zero-order chi connectivity index (χ0) is 9.47. The fourth-order valence-electron chi connectivity index (χ4n) is 1.69. The molecule has 3 heteroatoms. The summed E-state index contributed by atoms with van der Waals surface area (Å²) in [4.78, 5) is 0. The second kappa shape index (κ2) is 2.76. The Labute approximate surface area is 74.4 Å². The number of benzene rings is 1. The summed E-state index contributed by atoms with van der Waals surface area (Å²) in [7, 11) is 0. The molecule has 0 aliphatic heterocycles. The van der Waals surface area contributed by atoms with E-state index in [-0.39, 0.29) is 12.8 Å². The highest BCUT2D eigenvalue weighted by atomic mass is 19.3. The van der Waals surface area contributed by atoms with Gasteiger partial charge in [-0.3, -0.25) is 0 Å². The van der Waals surface area contributed by atoms with Crippen molar-refractivity contribution in [3.8, 4) is 0 Å². The predicted molar refractivity (Wildman–Crippen MR) is 43.4 cm³/mol. The Balaban J connectivity index is 2.38. The zero-order valence-electron chi connectivity index (χ0n) is 6.99. The average molecular weight is 186 g/mol. The van der Waals surface area contributed by atoms with Crippen molar-refractivity contribution in [3.05, 3.63) is 35.1 Å². The van der Waals surface area contributed by atoms with Crippen molar-refractivity contribution in [2.24, 2.45) is 0 Å². The summed E-state index contributed by atoms with van der Waals surface area (Å²) in [5, 5.41) is 0. The Morgan fingerprint density at radius 1 is 1.15 bits per heavy atom. The summed E-state index contributed by atoms with van der Waals surface area (Å²) in [5.74, 6) is -3.09. The molecule has 1 aliphatic rings. The molecule has 0 aromatic heterocycles. The fourth-order valence-corrected chi connectivity index (χ4v) is 1.69. The lowest BCUT2D eigenvalue weighted by Gasteiger charge is -2.23. The quantitative estimate of drug-likeness (QED) is 0.584. The molecule has 0 radical (unpaired) electrons. The maximum Gasteiger partial charge on any atom is 0.252 e. The standard InChI is InChI=1S/C10H9F3/c11-9-2-1-7-3-4-10(12,13)6-8(7)5-9/h1-2,5H,3-4,6H2. The number of hydrogen-bond donors (Lipinski definition) is 0. The van der Waals surface area contributed by atoms with Gasteiger partial charge in [-0.1, -0.05) is 6.07 Å². The van der Waals surface area contributed by atoms with Crippen molar-refractivity contribution in [1.29, 1.82) is 0 Å². The first kappa shape index (κ1) is 8.60. The maximum absolute atomic E-state index is 12.9. The Hall–Kier alpha value is -0.990.